The van der Waals surface area contributed by atoms with E-state index in [4.69, 9.17) is 28.9 Å². The summed E-state index contributed by atoms with van der Waals surface area (Å²) in [4.78, 5) is 15.1. The Morgan fingerprint density at radius 1 is 1.20 bits per heavy atom. The van der Waals surface area contributed by atoms with Crippen molar-refractivity contribution in [3.63, 3.8) is 0 Å². The highest BCUT2D eigenvalue weighted by Gasteiger charge is 2.23. The minimum Gasteiger partial charge on any atom is -0.396 e. The van der Waals surface area contributed by atoms with E-state index in [1.54, 1.807) is 22.9 Å². The SMILES string of the molecule is Nc1c(Cl)cc(C2=NCCn3nc4cc([N+](=O)[O-])ccc4c32)cc1Cl. The average molecular weight is 376 g/mol. The minimum atomic E-state index is -0.438. The van der Waals surface area contributed by atoms with Crippen molar-refractivity contribution in [2.75, 3.05) is 12.3 Å². The molecule has 0 amide bonds. The minimum absolute atomic E-state index is 0.00000858. The van der Waals surface area contributed by atoms with Crippen LogP contribution in [0.2, 0.25) is 10.0 Å². The summed E-state index contributed by atoms with van der Waals surface area (Å²) in [7, 11) is 0. The van der Waals surface area contributed by atoms with E-state index in [1.165, 1.54) is 12.1 Å². The molecule has 0 aliphatic carbocycles. The third-order valence-electron chi connectivity index (χ3n) is 4.09. The van der Waals surface area contributed by atoms with Crippen molar-refractivity contribution in [2.24, 2.45) is 4.99 Å². The van der Waals surface area contributed by atoms with E-state index < -0.39 is 4.92 Å². The molecular weight excluding hydrogens is 365 g/mol. The van der Waals surface area contributed by atoms with Crippen LogP contribution in [0.4, 0.5) is 11.4 Å². The molecule has 2 heterocycles. The van der Waals surface area contributed by atoms with Crippen LogP contribution in [0.5, 0.6) is 0 Å². The Labute approximate surface area is 151 Å². The molecular formula is C16H11Cl2N5O2. The summed E-state index contributed by atoms with van der Waals surface area (Å²) in [5, 5.41) is 16.9. The van der Waals surface area contributed by atoms with Gasteiger partial charge >= 0.3 is 0 Å². The third kappa shape index (κ3) is 2.52. The zero-order valence-corrected chi connectivity index (χ0v) is 14.3. The summed E-state index contributed by atoms with van der Waals surface area (Å²) >= 11 is 12.3. The van der Waals surface area contributed by atoms with Gasteiger partial charge in [0.2, 0.25) is 0 Å². The number of benzene rings is 2. The van der Waals surface area contributed by atoms with E-state index >= 15 is 0 Å². The number of fused-ring (bicyclic) bond motifs is 3. The fourth-order valence-electron chi connectivity index (χ4n) is 2.93. The van der Waals surface area contributed by atoms with Gasteiger partial charge in [0.1, 0.15) is 0 Å². The number of anilines is 1. The Morgan fingerprint density at radius 3 is 2.60 bits per heavy atom. The molecule has 0 atom stereocenters. The van der Waals surface area contributed by atoms with Gasteiger partial charge in [-0.15, -0.1) is 0 Å². The van der Waals surface area contributed by atoms with Crippen LogP contribution in [-0.2, 0) is 6.54 Å². The number of halogens is 2. The number of nitro groups is 1. The first-order chi connectivity index (χ1) is 12.0. The predicted molar refractivity (Wildman–Crippen MR) is 97.8 cm³/mol. The topological polar surface area (TPSA) is 99.3 Å². The Kier molecular flexibility index (Phi) is 3.63. The molecule has 3 aromatic rings. The number of aliphatic imine (C=N–C) groups is 1. The van der Waals surface area contributed by atoms with Crippen LogP contribution < -0.4 is 5.73 Å². The average Bonchev–Trinajstić information content (AvgIpc) is 2.96. The highest BCUT2D eigenvalue weighted by molar-refractivity contribution is 6.39. The van der Waals surface area contributed by atoms with Gasteiger partial charge in [0.05, 0.1) is 50.7 Å². The molecule has 0 fully saturated rings. The molecule has 0 radical (unpaired) electrons. The fourth-order valence-corrected chi connectivity index (χ4v) is 3.41. The number of rotatable bonds is 2. The number of non-ortho nitro benzene ring substituents is 1. The van der Waals surface area contributed by atoms with Gasteiger partial charge in [0, 0.05) is 23.1 Å². The second-order valence-electron chi connectivity index (χ2n) is 5.61. The Balaban J connectivity index is 1.93. The Morgan fingerprint density at radius 2 is 1.92 bits per heavy atom. The normalized spacial score (nSPS) is 13.6. The van der Waals surface area contributed by atoms with Crippen molar-refractivity contribution in [1.29, 1.82) is 0 Å². The molecule has 4 rings (SSSR count). The Bertz CT molecular complexity index is 1050. The smallest absolute Gasteiger partial charge is 0.271 e. The van der Waals surface area contributed by atoms with Gasteiger partial charge in [-0.1, -0.05) is 23.2 Å². The van der Waals surface area contributed by atoms with Crippen molar-refractivity contribution < 1.29 is 4.92 Å². The molecule has 7 nitrogen and oxygen atoms in total. The molecule has 9 heteroatoms. The van der Waals surface area contributed by atoms with E-state index in [2.05, 4.69) is 10.1 Å². The van der Waals surface area contributed by atoms with Crippen LogP contribution in [0.25, 0.3) is 10.9 Å². The first-order valence-electron chi connectivity index (χ1n) is 7.40. The summed E-state index contributed by atoms with van der Waals surface area (Å²) < 4.78 is 1.80. The van der Waals surface area contributed by atoms with Gasteiger partial charge in [-0.3, -0.25) is 19.8 Å². The Hall–Kier alpha value is -2.64. The molecule has 0 unspecified atom stereocenters. The molecule has 25 heavy (non-hydrogen) atoms. The number of nitrogen functional groups attached to an aromatic ring is 1. The number of hydrogen-bond acceptors (Lipinski definition) is 5. The van der Waals surface area contributed by atoms with Gasteiger partial charge in [-0.2, -0.15) is 5.10 Å². The lowest BCUT2D eigenvalue weighted by atomic mass is 10.0. The van der Waals surface area contributed by atoms with E-state index in [1.807, 2.05) is 0 Å². The maximum absolute atomic E-state index is 11.0. The zero-order valence-electron chi connectivity index (χ0n) is 12.7. The van der Waals surface area contributed by atoms with Gasteiger partial charge in [0.15, 0.2) is 0 Å². The number of nitrogens with two attached hydrogens (primary N) is 1. The first-order valence-corrected chi connectivity index (χ1v) is 8.16. The van der Waals surface area contributed by atoms with Gasteiger partial charge in [0.25, 0.3) is 5.69 Å². The lowest BCUT2D eigenvalue weighted by Crippen LogP contribution is -2.20. The number of aromatic nitrogens is 2. The monoisotopic (exact) mass is 375 g/mol. The molecule has 0 bridgehead atoms. The first kappa shape index (κ1) is 15.9. The van der Waals surface area contributed by atoms with Crippen LogP contribution in [0.15, 0.2) is 35.3 Å². The highest BCUT2D eigenvalue weighted by atomic mass is 35.5. The molecule has 0 saturated carbocycles. The maximum Gasteiger partial charge on any atom is 0.271 e. The second kappa shape index (κ2) is 5.72. The summed E-state index contributed by atoms with van der Waals surface area (Å²) in [5.41, 5.74) is 8.87. The van der Waals surface area contributed by atoms with E-state index in [0.717, 1.165) is 16.6 Å². The van der Waals surface area contributed by atoms with Crippen LogP contribution in [0.1, 0.15) is 11.3 Å². The molecule has 1 aromatic heterocycles. The fraction of sp³-hybridized carbons (Fsp3) is 0.125. The molecule has 1 aliphatic rings. The van der Waals surface area contributed by atoms with E-state index in [0.29, 0.717) is 40.1 Å². The molecule has 126 valence electrons. The van der Waals surface area contributed by atoms with Crippen molar-refractivity contribution >= 4 is 51.2 Å². The quantitative estimate of drug-likeness (QED) is 0.419. The van der Waals surface area contributed by atoms with Crippen molar-refractivity contribution in [3.05, 3.63) is 61.7 Å². The van der Waals surface area contributed by atoms with Crippen molar-refractivity contribution in [2.45, 2.75) is 6.54 Å². The van der Waals surface area contributed by atoms with Crippen LogP contribution >= 0.6 is 23.2 Å². The van der Waals surface area contributed by atoms with Crippen LogP contribution in [0.3, 0.4) is 0 Å². The molecule has 0 saturated heterocycles. The molecule has 0 spiro atoms. The summed E-state index contributed by atoms with van der Waals surface area (Å²) in [6.07, 6.45) is 0. The molecule has 2 N–H and O–H groups in total. The standard InChI is InChI=1S/C16H11Cl2N5O2/c17-11-5-8(6-12(18)14(11)19)15-16-10-2-1-9(23(24)25)7-13(10)21-22(16)4-3-20-15/h1-2,5-7H,3-4,19H2. The van der Waals surface area contributed by atoms with Gasteiger partial charge in [-0.25, -0.2) is 0 Å². The van der Waals surface area contributed by atoms with E-state index in [9.17, 15) is 10.1 Å². The summed E-state index contributed by atoms with van der Waals surface area (Å²) in [6, 6.07) is 8.03. The van der Waals surface area contributed by atoms with Crippen molar-refractivity contribution in [1.82, 2.24) is 9.78 Å². The molecule has 2 aromatic carbocycles. The van der Waals surface area contributed by atoms with E-state index in [-0.39, 0.29) is 5.69 Å². The predicted octanol–water partition coefficient (Wildman–Crippen LogP) is 3.68. The number of nitro benzene ring substituents is 1. The maximum atomic E-state index is 11.0. The second-order valence-corrected chi connectivity index (χ2v) is 6.43. The van der Waals surface area contributed by atoms with Gasteiger partial charge in [-0.05, 0) is 18.2 Å². The van der Waals surface area contributed by atoms with Crippen molar-refractivity contribution in [3.8, 4) is 0 Å². The summed E-state index contributed by atoms with van der Waals surface area (Å²) in [6.45, 7) is 1.13. The van der Waals surface area contributed by atoms with Crippen LogP contribution in [-0.4, -0.2) is 27.0 Å². The van der Waals surface area contributed by atoms with Gasteiger partial charge < -0.3 is 5.73 Å². The molecule has 1 aliphatic heterocycles. The highest BCUT2D eigenvalue weighted by Crippen LogP contribution is 2.32. The largest absolute Gasteiger partial charge is 0.396 e. The lowest BCUT2D eigenvalue weighted by molar-refractivity contribution is -0.384. The number of nitrogens with zero attached hydrogens (tertiary/aromatic N) is 4. The zero-order chi connectivity index (χ0) is 17.7. The number of hydrogen-bond donors (Lipinski definition) is 1. The lowest BCUT2D eigenvalue weighted by Gasteiger charge is -2.16. The summed E-state index contributed by atoms with van der Waals surface area (Å²) in [5.74, 6) is 0. The third-order valence-corrected chi connectivity index (χ3v) is 4.72. The van der Waals surface area contributed by atoms with Crippen LogP contribution in [0, 0.1) is 10.1 Å².